The predicted molar refractivity (Wildman–Crippen MR) is 63.7 cm³/mol. The summed E-state index contributed by atoms with van der Waals surface area (Å²) < 4.78 is 0. The lowest BCUT2D eigenvalue weighted by atomic mass is 9.94. The average Bonchev–Trinajstić information content (AvgIpc) is 2.74. The highest BCUT2D eigenvalue weighted by molar-refractivity contribution is 5.77. The van der Waals surface area contributed by atoms with Crippen LogP contribution in [0, 0.1) is 6.67 Å². The lowest BCUT2D eigenvalue weighted by Gasteiger charge is -2.31. The van der Waals surface area contributed by atoms with Crippen LogP contribution in [-0.4, -0.2) is 6.04 Å². The smallest absolute Gasteiger partial charge is 0.139 e. The van der Waals surface area contributed by atoms with E-state index >= 15 is 0 Å². The second-order valence-corrected chi connectivity index (χ2v) is 4.49. The summed E-state index contributed by atoms with van der Waals surface area (Å²) in [5, 5.41) is 3.35. The van der Waals surface area contributed by atoms with Crippen LogP contribution in [0.15, 0.2) is 24.3 Å². The van der Waals surface area contributed by atoms with E-state index in [0.717, 1.165) is 6.04 Å². The zero-order chi connectivity index (χ0) is 10.1. The molecular weight excluding hydrogens is 184 g/mol. The van der Waals surface area contributed by atoms with Crippen LogP contribution >= 0.6 is 0 Å². The Hall–Kier alpha value is -1.18. The van der Waals surface area contributed by atoms with Crippen molar-refractivity contribution in [2.45, 2.75) is 38.1 Å². The molecule has 2 nitrogen and oxygen atoms in total. The number of fused-ring (bicyclic) bond motifs is 1. The van der Waals surface area contributed by atoms with Crippen molar-refractivity contribution in [3.05, 3.63) is 30.9 Å². The lowest BCUT2D eigenvalue weighted by Crippen LogP contribution is -2.33. The van der Waals surface area contributed by atoms with E-state index in [1.54, 1.807) is 0 Å². The monoisotopic (exact) mass is 201 g/mol. The van der Waals surface area contributed by atoms with E-state index in [9.17, 15) is 0 Å². The van der Waals surface area contributed by atoms with Crippen LogP contribution < -0.4 is 10.2 Å². The molecule has 1 aromatic rings. The molecule has 2 aliphatic rings. The first-order valence-corrected chi connectivity index (χ1v) is 5.92. The molecule has 1 saturated carbocycles. The number of para-hydroxylation sites is 2. The molecule has 0 amide bonds. The van der Waals surface area contributed by atoms with Crippen molar-refractivity contribution in [1.82, 2.24) is 0 Å². The van der Waals surface area contributed by atoms with Crippen LogP contribution in [-0.2, 0) is 0 Å². The third-order valence-corrected chi connectivity index (χ3v) is 3.51. The maximum atomic E-state index is 3.35. The van der Waals surface area contributed by atoms with Crippen LogP contribution in [0.2, 0.25) is 0 Å². The Kier molecular flexibility index (Phi) is 2.28. The summed E-state index contributed by atoms with van der Waals surface area (Å²) in [4.78, 5) is 2.43. The molecule has 0 bridgehead atoms. The molecule has 3 rings (SSSR count). The highest BCUT2D eigenvalue weighted by Gasteiger charge is 2.26. The van der Waals surface area contributed by atoms with Crippen molar-refractivity contribution >= 4 is 11.4 Å². The standard InChI is InChI=1S/C13H17N2/c1-2-6-11(7-3-1)15-10-14-12-8-4-5-9-13(12)15/h4-5,8-11,14H,1-3,6-7H2. The number of anilines is 2. The molecule has 79 valence electrons. The summed E-state index contributed by atoms with van der Waals surface area (Å²) in [6.07, 6.45) is 6.87. The maximum Gasteiger partial charge on any atom is 0.139 e. The van der Waals surface area contributed by atoms with Crippen LogP contribution in [0.4, 0.5) is 11.4 Å². The number of hydrogen-bond acceptors (Lipinski definition) is 2. The molecule has 1 N–H and O–H groups in total. The minimum atomic E-state index is 0.718. The maximum absolute atomic E-state index is 3.35. The van der Waals surface area contributed by atoms with Gasteiger partial charge in [0, 0.05) is 6.04 Å². The van der Waals surface area contributed by atoms with Crippen molar-refractivity contribution in [3.63, 3.8) is 0 Å². The van der Waals surface area contributed by atoms with Crippen LogP contribution in [0.3, 0.4) is 0 Å². The van der Waals surface area contributed by atoms with E-state index in [4.69, 9.17) is 0 Å². The molecule has 15 heavy (non-hydrogen) atoms. The molecule has 0 aromatic heterocycles. The molecule has 0 unspecified atom stereocenters. The van der Waals surface area contributed by atoms with E-state index in [1.807, 2.05) is 0 Å². The molecule has 1 aliphatic heterocycles. The highest BCUT2D eigenvalue weighted by Crippen LogP contribution is 2.37. The van der Waals surface area contributed by atoms with Gasteiger partial charge in [-0.3, -0.25) is 0 Å². The van der Waals surface area contributed by atoms with E-state index in [0.29, 0.717) is 0 Å². The fourth-order valence-corrected chi connectivity index (χ4v) is 2.69. The predicted octanol–water partition coefficient (Wildman–Crippen LogP) is 3.37. The summed E-state index contributed by atoms with van der Waals surface area (Å²) >= 11 is 0. The van der Waals surface area contributed by atoms with Crippen molar-refractivity contribution in [2.75, 3.05) is 10.2 Å². The molecule has 1 aromatic carbocycles. The number of nitrogens with zero attached hydrogens (tertiary/aromatic N) is 1. The first kappa shape index (κ1) is 9.08. The van der Waals surface area contributed by atoms with Gasteiger partial charge in [-0.1, -0.05) is 31.4 Å². The molecule has 0 spiro atoms. The third kappa shape index (κ3) is 1.58. The van der Waals surface area contributed by atoms with Crippen molar-refractivity contribution in [2.24, 2.45) is 0 Å². The largest absolute Gasteiger partial charge is 0.360 e. The molecular formula is C13H17N2. The topological polar surface area (TPSA) is 15.3 Å². The summed E-state index contributed by atoms with van der Waals surface area (Å²) in [5.74, 6) is 0. The molecule has 2 heteroatoms. The van der Waals surface area contributed by atoms with Crippen LogP contribution in [0.25, 0.3) is 0 Å². The van der Waals surface area contributed by atoms with Gasteiger partial charge in [-0.15, -0.1) is 0 Å². The van der Waals surface area contributed by atoms with Gasteiger partial charge in [-0.05, 0) is 25.0 Å². The summed E-state index contributed by atoms with van der Waals surface area (Å²) in [6, 6.07) is 9.28. The van der Waals surface area contributed by atoms with Gasteiger partial charge in [-0.2, -0.15) is 0 Å². The first-order chi connectivity index (χ1) is 7.45. The summed E-state index contributed by atoms with van der Waals surface area (Å²) in [6.45, 7) is 2.14. The summed E-state index contributed by atoms with van der Waals surface area (Å²) in [5.41, 5.74) is 2.60. The van der Waals surface area contributed by atoms with Gasteiger partial charge in [-0.25, -0.2) is 0 Å². The SMILES string of the molecule is [CH]1Nc2ccccc2N1C1CCCCC1. The van der Waals surface area contributed by atoms with Gasteiger partial charge < -0.3 is 10.2 Å². The molecule has 1 heterocycles. The minimum absolute atomic E-state index is 0.718. The van der Waals surface area contributed by atoms with Gasteiger partial charge in [0.15, 0.2) is 0 Å². The Morgan fingerprint density at radius 2 is 1.87 bits per heavy atom. The second kappa shape index (κ2) is 3.76. The van der Waals surface area contributed by atoms with E-state index in [-0.39, 0.29) is 0 Å². The van der Waals surface area contributed by atoms with Crippen LogP contribution in [0.5, 0.6) is 0 Å². The first-order valence-electron chi connectivity index (χ1n) is 5.92. The molecule has 0 saturated heterocycles. The van der Waals surface area contributed by atoms with Crippen molar-refractivity contribution in [3.8, 4) is 0 Å². The average molecular weight is 201 g/mol. The van der Waals surface area contributed by atoms with E-state index in [2.05, 4.69) is 41.2 Å². The van der Waals surface area contributed by atoms with Crippen molar-refractivity contribution in [1.29, 1.82) is 0 Å². The van der Waals surface area contributed by atoms with Gasteiger partial charge in [0.1, 0.15) is 6.67 Å². The van der Waals surface area contributed by atoms with Gasteiger partial charge >= 0.3 is 0 Å². The number of rotatable bonds is 1. The Morgan fingerprint density at radius 3 is 2.73 bits per heavy atom. The van der Waals surface area contributed by atoms with Gasteiger partial charge in [0.05, 0.1) is 11.4 Å². The zero-order valence-electron chi connectivity index (χ0n) is 8.95. The molecule has 1 aliphatic carbocycles. The second-order valence-electron chi connectivity index (χ2n) is 4.49. The molecule has 1 radical (unpaired) electrons. The number of nitrogens with one attached hydrogen (secondary N) is 1. The molecule has 1 fully saturated rings. The Balaban J connectivity index is 1.83. The molecule has 0 atom stereocenters. The Morgan fingerprint density at radius 1 is 1.07 bits per heavy atom. The fraction of sp³-hybridized carbons (Fsp3) is 0.462. The van der Waals surface area contributed by atoms with Crippen LogP contribution in [0.1, 0.15) is 32.1 Å². The van der Waals surface area contributed by atoms with Gasteiger partial charge in [0.25, 0.3) is 0 Å². The van der Waals surface area contributed by atoms with E-state index < -0.39 is 0 Å². The van der Waals surface area contributed by atoms with Gasteiger partial charge in [0.2, 0.25) is 0 Å². The Bertz CT molecular complexity index is 342. The minimum Gasteiger partial charge on any atom is -0.360 e. The lowest BCUT2D eigenvalue weighted by molar-refractivity contribution is 0.431. The van der Waals surface area contributed by atoms with Crippen molar-refractivity contribution < 1.29 is 0 Å². The fourth-order valence-electron chi connectivity index (χ4n) is 2.69. The number of benzene rings is 1. The van der Waals surface area contributed by atoms with E-state index in [1.165, 1.54) is 43.5 Å². The third-order valence-electron chi connectivity index (χ3n) is 3.51. The zero-order valence-corrected chi connectivity index (χ0v) is 8.95. The summed E-state index contributed by atoms with van der Waals surface area (Å²) in [7, 11) is 0. The quantitative estimate of drug-likeness (QED) is 0.749. The number of hydrogen-bond donors (Lipinski definition) is 1. The normalized spacial score (nSPS) is 21.2. The highest BCUT2D eigenvalue weighted by atomic mass is 15.3. The Labute approximate surface area is 91.3 Å².